The van der Waals surface area contributed by atoms with Crippen molar-refractivity contribution in [2.45, 2.75) is 31.7 Å². The molecule has 0 aromatic carbocycles. The fourth-order valence-corrected chi connectivity index (χ4v) is 3.36. The standard InChI is InChI=1S/C6H11O4PS/c1-2-4-6-5(3-8-4)9-11(7,12)10-6/h4-6H,2-3H2,1H3,(H,7,12)/t4-,5?,6-,11?/m1/s1. The Morgan fingerprint density at radius 1 is 1.58 bits per heavy atom. The van der Waals surface area contributed by atoms with Gasteiger partial charge in [-0.25, -0.2) is 0 Å². The van der Waals surface area contributed by atoms with Gasteiger partial charge >= 0.3 is 6.72 Å². The number of hydrogen-bond acceptors (Lipinski definition) is 4. The van der Waals surface area contributed by atoms with Crippen molar-refractivity contribution < 1.29 is 18.7 Å². The minimum Gasteiger partial charge on any atom is -0.373 e. The van der Waals surface area contributed by atoms with Crippen LogP contribution in [0.4, 0.5) is 0 Å². The normalized spacial score (nSPS) is 52.7. The van der Waals surface area contributed by atoms with E-state index in [9.17, 15) is 4.89 Å². The van der Waals surface area contributed by atoms with Gasteiger partial charge in [0.05, 0.1) is 12.7 Å². The third-order valence-electron chi connectivity index (χ3n) is 2.13. The van der Waals surface area contributed by atoms with Crippen LogP contribution in [0.2, 0.25) is 0 Å². The molecule has 0 radical (unpaired) electrons. The van der Waals surface area contributed by atoms with Gasteiger partial charge in [-0.05, 0) is 18.2 Å². The number of ether oxygens (including phenoxy) is 1. The molecule has 0 bridgehead atoms. The van der Waals surface area contributed by atoms with E-state index in [0.717, 1.165) is 6.42 Å². The molecule has 0 amide bonds. The third-order valence-corrected chi connectivity index (χ3v) is 3.70. The Hall–Kier alpha value is 0.490. The van der Waals surface area contributed by atoms with Gasteiger partial charge in [-0.2, -0.15) is 0 Å². The second-order valence-corrected chi connectivity index (χ2v) is 5.71. The lowest BCUT2D eigenvalue weighted by molar-refractivity contribution is 0.0500. The molecule has 2 saturated heterocycles. The van der Waals surface area contributed by atoms with E-state index in [1.54, 1.807) is 0 Å². The molecule has 0 saturated carbocycles. The van der Waals surface area contributed by atoms with Crippen LogP contribution in [0.5, 0.6) is 0 Å². The van der Waals surface area contributed by atoms with Gasteiger partial charge in [0.15, 0.2) is 0 Å². The maximum Gasteiger partial charge on any atom is 0.325 e. The van der Waals surface area contributed by atoms with Crippen molar-refractivity contribution in [1.29, 1.82) is 0 Å². The molecule has 1 N–H and O–H groups in total. The second kappa shape index (κ2) is 3.01. The van der Waals surface area contributed by atoms with Crippen molar-refractivity contribution in [2.24, 2.45) is 0 Å². The molecule has 2 rings (SSSR count). The van der Waals surface area contributed by atoms with Crippen molar-refractivity contribution in [3.8, 4) is 0 Å². The molecule has 4 nitrogen and oxygen atoms in total. The summed E-state index contributed by atoms with van der Waals surface area (Å²) in [6, 6.07) is 0. The van der Waals surface area contributed by atoms with Crippen molar-refractivity contribution in [3.05, 3.63) is 0 Å². The van der Waals surface area contributed by atoms with Crippen molar-refractivity contribution in [1.82, 2.24) is 0 Å². The number of hydrogen-bond donors (Lipinski definition) is 1. The fourth-order valence-electron chi connectivity index (χ4n) is 1.57. The van der Waals surface area contributed by atoms with Gasteiger partial charge in [0.1, 0.15) is 12.2 Å². The first-order valence-electron chi connectivity index (χ1n) is 3.93. The zero-order chi connectivity index (χ0) is 8.77. The molecule has 2 aliphatic heterocycles. The number of fused-ring (bicyclic) bond motifs is 1. The second-order valence-electron chi connectivity index (χ2n) is 2.96. The highest BCUT2D eigenvalue weighted by Crippen LogP contribution is 2.55. The van der Waals surface area contributed by atoms with Crippen molar-refractivity contribution in [2.75, 3.05) is 6.61 Å². The van der Waals surface area contributed by atoms with E-state index in [1.165, 1.54) is 0 Å². The van der Waals surface area contributed by atoms with E-state index in [0.29, 0.717) is 6.61 Å². The smallest absolute Gasteiger partial charge is 0.325 e. The summed E-state index contributed by atoms with van der Waals surface area (Å²) in [6.07, 6.45) is 0.600. The summed E-state index contributed by atoms with van der Waals surface area (Å²) >= 11 is 4.73. The minimum absolute atomic E-state index is 0.0342. The maximum atomic E-state index is 9.34. The molecule has 2 heterocycles. The minimum atomic E-state index is -2.92. The molecule has 0 aromatic rings. The highest BCUT2D eigenvalue weighted by Gasteiger charge is 2.48. The molecule has 2 fully saturated rings. The average Bonchev–Trinajstić information content (AvgIpc) is 2.42. The van der Waals surface area contributed by atoms with E-state index in [1.807, 2.05) is 6.92 Å². The van der Waals surface area contributed by atoms with Gasteiger partial charge in [-0.15, -0.1) is 0 Å². The lowest BCUT2D eigenvalue weighted by atomic mass is 10.1. The van der Waals surface area contributed by atoms with Gasteiger partial charge < -0.3 is 14.2 Å². The zero-order valence-corrected chi connectivity index (χ0v) is 8.38. The van der Waals surface area contributed by atoms with Crippen LogP contribution >= 0.6 is 6.72 Å². The SMILES string of the molecule is CC[C@H]1OCC2OP(O)(=S)O[C@@H]21. The first kappa shape index (κ1) is 9.06. The molecule has 6 heteroatoms. The molecule has 0 aromatic heterocycles. The van der Waals surface area contributed by atoms with Crippen LogP contribution in [-0.2, 0) is 25.6 Å². The van der Waals surface area contributed by atoms with Crippen LogP contribution in [-0.4, -0.2) is 29.8 Å². The Bertz CT molecular complexity index is 234. The Balaban J connectivity index is 2.11. The lowest BCUT2D eigenvalue weighted by Gasteiger charge is -2.13. The van der Waals surface area contributed by atoms with Gasteiger partial charge in [0.2, 0.25) is 0 Å². The molecule has 0 spiro atoms. The Labute approximate surface area is 76.1 Å². The number of rotatable bonds is 1. The van der Waals surface area contributed by atoms with E-state index in [4.69, 9.17) is 25.6 Å². The van der Waals surface area contributed by atoms with E-state index in [-0.39, 0.29) is 18.3 Å². The van der Waals surface area contributed by atoms with Gasteiger partial charge in [-0.3, -0.25) is 4.52 Å². The predicted octanol–water partition coefficient (Wildman–Crippen LogP) is 0.796. The Morgan fingerprint density at radius 3 is 3.00 bits per heavy atom. The molecule has 70 valence electrons. The topological polar surface area (TPSA) is 47.9 Å². The van der Waals surface area contributed by atoms with E-state index in [2.05, 4.69) is 0 Å². The molecule has 12 heavy (non-hydrogen) atoms. The van der Waals surface area contributed by atoms with E-state index >= 15 is 0 Å². The third kappa shape index (κ3) is 1.45. The van der Waals surface area contributed by atoms with Gasteiger partial charge in [-0.1, -0.05) is 6.92 Å². The first-order valence-corrected chi connectivity index (χ1v) is 6.52. The quantitative estimate of drug-likeness (QED) is 0.648. The summed E-state index contributed by atoms with van der Waals surface area (Å²) in [5.41, 5.74) is 0. The summed E-state index contributed by atoms with van der Waals surface area (Å²) in [6.45, 7) is -0.420. The summed E-state index contributed by atoms with van der Waals surface area (Å²) in [4.78, 5) is 9.34. The first-order chi connectivity index (χ1) is 5.62. The van der Waals surface area contributed by atoms with Crippen LogP contribution in [0.1, 0.15) is 13.3 Å². The molecular formula is C6H11O4PS. The molecular weight excluding hydrogens is 199 g/mol. The zero-order valence-electron chi connectivity index (χ0n) is 6.67. The fraction of sp³-hybridized carbons (Fsp3) is 1.00. The maximum absolute atomic E-state index is 9.34. The van der Waals surface area contributed by atoms with Crippen molar-refractivity contribution >= 4 is 18.5 Å². The summed E-state index contributed by atoms with van der Waals surface area (Å²) in [5, 5.41) is 0. The van der Waals surface area contributed by atoms with Gasteiger partial charge in [0, 0.05) is 0 Å². The molecule has 0 aliphatic carbocycles. The molecule has 2 unspecified atom stereocenters. The highest BCUT2D eigenvalue weighted by molar-refractivity contribution is 8.07. The summed E-state index contributed by atoms with van der Waals surface area (Å²) in [5.74, 6) is 0. The molecule has 4 atom stereocenters. The predicted molar refractivity (Wildman–Crippen MR) is 46.3 cm³/mol. The largest absolute Gasteiger partial charge is 0.373 e. The van der Waals surface area contributed by atoms with Crippen LogP contribution in [0, 0.1) is 0 Å². The van der Waals surface area contributed by atoms with E-state index < -0.39 is 6.72 Å². The van der Waals surface area contributed by atoms with Crippen LogP contribution in [0.25, 0.3) is 0 Å². The molecule has 2 aliphatic rings. The Morgan fingerprint density at radius 2 is 2.33 bits per heavy atom. The lowest BCUT2D eigenvalue weighted by Crippen LogP contribution is -2.26. The van der Waals surface area contributed by atoms with Crippen LogP contribution in [0.3, 0.4) is 0 Å². The Kier molecular flexibility index (Phi) is 2.27. The van der Waals surface area contributed by atoms with Crippen LogP contribution in [0.15, 0.2) is 0 Å². The highest BCUT2D eigenvalue weighted by atomic mass is 32.5. The summed E-state index contributed by atoms with van der Waals surface area (Å²) in [7, 11) is 0. The summed E-state index contributed by atoms with van der Waals surface area (Å²) < 4.78 is 15.7. The van der Waals surface area contributed by atoms with Crippen LogP contribution < -0.4 is 0 Å². The van der Waals surface area contributed by atoms with Crippen molar-refractivity contribution in [3.63, 3.8) is 0 Å². The monoisotopic (exact) mass is 210 g/mol. The average molecular weight is 210 g/mol. The van der Waals surface area contributed by atoms with Gasteiger partial charge in [0.25, 0.3) is 0 Å².